The molecule has 0 radical (unpaired) electrons. The van der Waals surface area contributed by atoms with Crippen molar-refractivity contribution in [3.8, 4) is 0 Å². The van der Waals surface area contributed by atoms with Gasteiger partial charge in [-0.1, -0.05) is 0 Å². The van der Waals surface area contributed by atoms with Gasteiger partial charge in [-0.3, -0.25) is 5.73 Å². The summed E-state index contributed by atoms with van der Waals surface area (Å²) in [6, 6.07) is -0.331. The molecule has 0 aromatic rings. The molecular weight excluding hydrogens is 144 g/mol. The molecule has 0 aliphatic carbocycles. The molecule has 1 atom stereocenters. The summed E-state index contributed by atoms with van der Waals surface area (Å²) < 4.78 is 10.3. The number of hydrogen-bond donors (Lipinski definition) is 2. The highest BCUT2D eigenvalue weighted by Gasteiger charge is 2.30. The normalized spacial score (nSPS) is 15.0. The fraction of sp³-hybridized carbons (Fsp3) is 1.00. The molecule has 4 heteroatoms. The van der Waals surface area contributed by atoms with E-state index in [-0.39, 0.29) is 6.04 Å². The van der Waals surface area contributed by atoms with Crippen LogP contribution in [0.3, 0.4) is 0 Å². The average Bonchev–Trinajstić information content (AvgIpc) is 1.88. The summed E-state index contributed by atoms with van der Waals surface area (Å²) in [4.78, 5) is 0. The zero-order valence-electron chi connectivity index (χ0n) is 7.46. The Morgan fingerprint density at radius 2 is 1.64 bits per heavy atom. The molecule has 0 aliphatic rings. The Hall–Kier alpha value is -0.160. The van der Waals surface area contributed by atoms with Crippen LogP contribution in [0.5, 0.6) is 0 Å². The minimum Gasteiger partial charge on any atom is -0.337 e. The second kappa shape index (κ2) is 4.66. The maximum Gasteiger partial charge on any atom is 0.240 e. The molecule has 0 rings (SSSR count). The molecular formula is C7H18N2O2. The zero-order chi connectivity index (χ0) is 8.91. The fourth-order valence-electron chi connectivity index (χ4n) is 0.756. The maximum atomic E-state index is 5.69. The second-order valence-corrected chi connectivity index (χ2v) is 2.38. The summed E-state index contributed by atoms with van der Waals surface area (Å²) >= 11 is 0. The van der Waals surface area contributed by atoms with Crippen LogP contribution in [0, 0.1) is 0 Å². The lowest BCUT2D eigenvalue weighted by Gasteiger charge is -2.31. The smallest absolute Gasteiger partial charge is 0.240 e. The molecule has 0 saturated heterocycles. The monoisotopic (exact) mass is 162 g/mol. The Kier molecular flexibility index (Phi) is 4.60. The van der Waals surface area contributed by atoms with Crippen molar-refractivity contribution < 1.29 is 9.47 Å². The van der Waals surface area contributed by atoms with Crippen LogP contribution in [-0.4, -0.2) is 25.2 Å². The number of nitrogens with two attached hydrogens (primary N) is 2. The van der Waals surface area contributed by atoms with Crippen molar-refractivity contribution in [2.24, 2.45) is 11.5 Å². The van der Waals surface area contributed by atoms with Crippen LogP contribution in [0.4, 0.5) is 0 Å². The van der Waals surface area contributed by atoms with Gasteiger partial charge in [-0.05, 0) is 20.8 Å². The SMILES string of the molecule is CCOC(N)(OCC)[C@H](C)N. The third-order valence-corrected chi connectivity index (χ3v) is 1.37. The Balaban J connectivity index is 4.01. The number of rotatable bonds is 5. The van der Waals surface area contributed by atoms with E-state index in [4.69, 9.17) is 20.9 Å². The first-order valence-corrected chi connectivity index (χ1v) is 3.89. The van der Waals surface area contributed by atoms with E-state index >= 15 is 0 Å². The van der Waals surface area contributed by atoms with Gasteiger partial charge in [-0.2, -0.15) is 0 Å². The number of ether oxygens (including phenoxy) is 2. The highest BCUT2D eigenvalue weighted by Crippen LogP contribution is 2.08. The standard InChI is InChI=1S/C7H18N2O2/c1-4-10-7(9,6(3)8)11-5-2/h6H,4-5,8-9H2,1-3H3/t6-/m0/s1. The van der Waals surface area contributed by atoms with Gasteiger partial charge in [0.2, 0.25) is 5.91 Å². The van der Waals surface area contributed by atoms with E-state index in [1.54, 1.807) is 6.92 Å². The molecule has 0 bridgehead atoms. The molecule has 0 heterocycles. The first-order chi connectivity index (χ1) is 5.06. The van der Waals surface area contributed by atoms with Crippen LogP contribution in [-0.2, 0) is 9.47 Å². The predicted octanol–water partition coefficient (Wildman–Crippen LogP) is 0.0191. The molecule has 0 amide bonds. The van der Waals surface area contributed by atoms with Crippen molar-refractivity contribution >= 4 is 0 Å². The van der Waals surface area contributed by atoms with Crippen molar-refractivity contribution in [2.45, 2.75) is 32.7 Å². The van der Waals surface area contributed by atoms with E-state index in [2.05, 4.69) is 0 Å². The maximum absolute atomic E-state index is 5.69. The van der Waals surface area contributed by atoms with Crippen molar-refractivity contribution in [1.82, 2.24) is 0 Å². The van der Waals surface area contributed by atoms with Crippen molar-refractivity contribution in [3.63, 3.8) is 0 Å². The van der Waals surface area contributed by atoms with Crippen LogP contribution >= 0.6 is 0 Å². The molecule has 0 saturated carbocycles. The van der Waals surface area contributed by atoms with Crippen LogP contribution in [0.25, 0.3) is 0 Å². The van der Waals surface area contributed by atoms with E-state index in [0.717, 1.165) is 0 Å². The molecule has 0 fully saturated rings. The van der Waals surface area contributed by atoms with E-state index in [1.165, 1.54) is 0 Å². The fourth-order valence-corrected chi connectivity index (χ4v) is 0.756. The molecule has 11 heavy (non-hydrogen) atoms. The molecule has 0 aromatic carbocycles. The summed E-state index contributed by atoms with van der Waals surface area (Å²) in [5.41, 5.74) is 11.3. The highest BCUT2D eigenvalue weighted by molar-refractivity contribution is 4.71. The van der Waals surface area contributed by atoms with Gasteiger partial charge < -0.3 is 15.2 Å². The predicted molar refractivity (Wildman–Crippen MR) is 43.8 cm³/mol. The van der Waals surface area contributed by atoms with Crippen molar-refractivity contribution in [1.29, 1.82) is 0 Å². The van der Waals surface area contributed by atoms with Gasteiger partial charge >= 0.3 is 0 Å². The highest BCUT2D eigenvalue weighted by atomic mass is 16.7. The Morgan fingerprint density at radius 3 is 1.82 bits per heavy atom. The van der Waals surface area contributed by atoms with Gasteiger partial charge in [-0.15, -0.1) is 0 Å². The third kappa shape index (κ3) is 3.16. The Bertz CT molecular complexity index is 101. The lowest BCUT2D eigenvalue weighted by atomic mass is 10.3. The molecule has 0 aliphatic heterocycles. The van der Waals surface area contributed by atoms with Gasteiger partial charge in [0.1, 0.15) is 0 Å². The molecule has 4 N–H and O–H groups in total. The molecule has 4 nitrogen and oxygen atoms in total. The van der Waals surface area contributed by atoms with Crippen LogP contribution in [0.2, 0.25) is 0 Å². The van der Waals surface area contributed by atoms with E-state index in [0.29, 0.717) is 13.2 Å². The summed E-state index contributed by atoms with van der Waals surface area (Å²) in [5, 5.41) is 0. The van der Waals surface area contributed by atoms with Gasteiger partial charge in [0.15, 0.2) is 0 Å². The van der Waals surface area contributed by atoms with Crippen LogP contribution in [0.1, 0.15) is 20.8 Å². The minimum atomic E-state index is -1.12. The summed E-state index contributed by atoms with van der Waals surface area (Å²) in [6.45, 7) is 6.45. The lowest BCUT2D eigenvalue weighted by Crippen LogP contribution is -2.58. The molecule has 0 aromatic heterocycles. The topological polar surface area (TPSA) is 70.5 Å². The van der Waals surface area contributed by atoms with Crippen molar-refractivity contribution in [3.05, 3.63) is 0 Å². The van der Waals surface area contributed by atoms with Gasteiger partial charge in [0.25, 0.3) is 0 Å². The summed E-state index contributed by atoms with van der Waals surface area (Å²) in [5.74, 6) is -1.12. The van der Waals surface area contributed by atoms with Gasteiger partial charge in [0, 0.05) is 13.2 Å². The zero-order valence-corrected chi connectivity index (χ0v) is 7.46. The van der Waals surface area contributed by atoms with E-state index in [1.807, 2.05) is 13.8 Å². The van der Waals surface area contributed by atoms with Crippen molar-refractivity contribution in [2.75, 3.05) is 13.2 Å². The molecule has 0 unspecified atom stereocenters. The third-order valence-electron chi connectivity index (χ3n) is 1.37. The second-order valence-electron chi connectivity index (χ2n) is 2.38. The number of hydrogen-bond acceptors (Lipinski definition) is 4. The molecule has 68 valence electrons. The van der Waals surface area contributed by atoms with E-state index in [9.17, 15) is 0 Å². The van der Waals surface area contributed by atoms with Gasteiger partial charge in [0.05, 0.1) is 6.04 Å². The first kappa shape index (κ1) is 10.8. The van der Waals surface area contributed by atoms with Gasteiger partial charge in [-0.25, -0.2) is 0 Å². The summed E-state index contributed by atoms with van der Waals surface area (Å²) in [6.07, 6.45) is 0. The molecule has 0 spiro atoms. The largest absolute Gasteiger partial charge is 0.337 e. The Labute approximate surface area is 67.8 Å². The van der Waals surface area contributed by atoms with Crippen LogP contribution in [0.15, 0.2) is 0 Å². The van der Waals surface area contributed by atoms with Crippen LogP contribution < -0.4 is 11.5 Å². The first-order valence-electron chi connectivity index (χ1n) is 3.89. The minimum absolute atomic E-state index is 0.331. The summed E-state index contributed by atoms with van der Waals surface area (Å²) in [7, 11) is 0. The van der Waals surface area contributed by atoms with E-state index < -0.39 is 5.91 Å². The lowest BCUT2D eigenvalue weighted by molar-refractivity contribution is -0.238. The Morgan fingerprint density at radius 1 is 1.27 bits per heavy atom. The average molecular weight is 162 g/mol. The quantitative estimate of drug-likeness (QED) is 0.559.